The maximum absolute atomic E-state index is 11.6. The molecule has 0 amide bonds. The molecule has 0 heterocycles. The SMILES string of the molecule is COC(=O)CC(=O)/C(=C\N(C)C)C(=O)OC. The van der Waals surface area contributed by atoms with E-state index in [1.54, 1.807) is 14.1 Å². The Labute approximate surface area is 93.8 Å². The third-order valence-electron chi connectivity index (χ3n) is 1.63. The number of carbonyl (C=O) groups is 3. The molecule has 0 spiro atoms. The molecule has 0 radical (unpaired) electrons. The lowest BCUT2D eigenvalue weighted by Gasteiger charge is -2.09. The first-order chi connectivity index (χ1) is 7.42. The van der Waals surface area contributed by atoms with Gasteiger partial charge in [0.25, 0.3) is 0 Å². The van der Waals surface area contributed by atoms with Gasteiger partial charge in [0.1, 0.15) is 12.0 Å². The number of ketones is 1. The molecule has 0 aromatic heterocycles. The normalized spacial score (nSPS) is 10.6. The first-order valence-corrected chi connectivity index (χ1v) is 4.49. The van der Waals surface area contributed by atoms with Gasteiger partial charge in [0.05, 0.1) is 14.2 Å². The maximum Gasteiger partial charge on any atom is 0.343 e. The van der Waals surface area contributed by atoms with Gasteiger partial charge in [-0.05, 0) is 0 Å². The van der Waals surface area contributed by atoms with Crippen LogP contribution in [0.1, 0.15) is 6.42 Å². The van der Waals surface area contributed by atoms with Crippen LogP contribution in [0.4, 0.5) is 0 Å². The van der Waals surface area contributed by atoms with E-state index < -0.39 is 24.1 Å². The van der Waals surface area contributed by atoms with Gasteiger partial charge in [0.15, 0.2) is 5.78 Å². The molecule has 0 unspecified atom stereocenters. The minimum absolute atomic E-state index is 0.182. The summed E-state index contributed by atoms with van der Waals surface area (Å²) >= 11 is 0. The van der Waals surface area contributed by atoms with E-state index in [1.807, 2.05) is 0 Å². The summed E-state index contributed by atoms with van der Waals surface area (Å²) in [6.07, 6.45) is 0.822. The van der Waals surface area contributed by atoms with Crippen molar-refractivity contribution < 1.29 is 23.9 Å². The van der Waals surface area contributed by atoms with Crippen LogP contribution in [0.3, 0.4) is 0 Å². The van der Waals surface area contributed by atoms with Gasteiger partial charge in [-0.15, -0.1) is 0 Å². The molecule has 0 bridgehead atoms. The summed E-state index contributed by atoms with van der Waals surface area (Å²) in [5.41, 5.74) is -0.182. The van der Waals surface area contributed by atoms with Gasteiger partial charge in [-0.3, -0.25) is 9.59 Å². The molecular formula is C10H15NO5. The number of Topliss-reactive ketones (excluding diaryl/α,β-unsaturated/α-hetero) is 1. The molecule has 6 heteroatoms. The molecule has 0 aromatic rings. The van der Waals surface area contributed by atoms with E-state index in [0.717, 1.165) is 7.11 Å². The summed E-state index contributed by atoms with van der Waals surface area (Å²) < 4.78 is 8.78. The Bertz CT molecular complexity index is 319. The van der Waals surface area contributed by atoms with Crippen LogP contribution in [0.5, 0.6) is 0 Å². The van der Waals surface area contributed by atoms with E-state index in [-0.39, 0.29) is 5.57 Å². The number of methoxy groups -OCH3 is 2. The zero-order valence-electron chi connectivity index (χ0n) is 9.77. The quantitative estimate of drug-likeness (QED) is 0.280. The molecule has 0 N–H and O–H groups in total. The van der Waals surface area contributed by atoms with Crippen molar-refractivity contribution >= 4 is 17.7 Å². The third kappa shape index (κ3) is 4.59. The molecular weight excluding hydrogens is 214 g/mol. The van der Waals surface area contributed by atoms with Crippen molar-refractivity contribution in [1.29, 1.82) is 0 Å². The van der Waals surface area contributed by atoms with Crippen LogP contribution in [0.15, 0.2) is 11.8 Å². The number of hydrogen-bond donors (Lipinski definition) is 0. The lowest BCUT2D eigenvalue weighted by molar-refractivity contribution is -0.143. The van der Waals surface area contributed by atoms with E-state index in [2.05, 4.69) is 9.47 Å². The lowest BCUT2D eigenvalue weighted by atomic mass is 10.1. The van der Waals surface area contributed by atoms with Crippen molar-refractivity contribution in [3.05, 3.63) is 11.8 Å². The van der Waals surface area contributed by atoms with Crippen LogP contribution in [0, 0.1) is 0 Å². The highest BCUT2D eigenvalue weighted by Crippen LogP contribution is 2.04. The van der Waals surface area contributed by atoms with Crippen LogP contribution in [0.25, 0.3) is 0 Å². The Morgan fingerprint density at radius 2 is 1.69 bits per heavy atom. The summed E-state index contributed by atoms with van der Waals surface area (Å²) in [6, 6.07) is 0. The molecule has 6 nitrogen and oxygen atoms in total. The van der Waals surface area contributed by atoms with Crippen LogP contribution >= 0.6 is 0 Å². The first-order valence-electron chi connectivity index (χ1n) is 4.49. The van der Waals surface area contributed by atoms with Crippen molar-refractivity contribution in [3.8, 4) is 0 Å². The second kappa shape index (κ2) is 6.60. The fourth-order valence-corrected chi connectivity index (χ4v) is 0.905. The predicted molar refractivity (Wildman–Crippen MR) is 55.4 cm³/mol. The largest absolute Gasteiger partial charge is 0.469 e. The highest BCUT2D eigenvalue weighted by Gasteiger charge is 2.22. The third-order valence-corrected chi connectivity index (χ3v) is 1.63. The van der Waals surface area contributed by atoms with Crippen LogP contribution in [0.2, 0.25) is 0 Å². The van der Waals surface area contributed by atoms with Crippen molar-refractivity contribution in [1.82, 2.24) is 4.90 Å². The Kier molecular flexibility index (Phi) is 5.84. The van der Waals surface area contributed by atoms with E-state index in [4.69, 9.17) is 0 Å². The molecule has 0 saturated heterocycles. The van der Waals surface area contributed by atoms with E-state index in [9.17, 15) is 14.4 Å². The molecule has 0 aliphatic heterocycles. The zero-order valence-corrected chi connectivity index (χ0v) is 9.77. The Morgan fingerprint density at radius 3 is 2.06 bits per heavy atom. The van der Waals surface area contributed by atoms with Gasteiger partial charge in [-0.1, -0.05) is 0 Å². The Hall–Kier alpha value is -1.85. The lowest BCUT2D eigenvalue weighted by Crippen LogP contribution is -2.20. The maximum atomic E-state index is 11.6. The average Bonchev–Trinajstić information content (AvgIpc) is 2.24. The summed E-state index contributed by atoms with van der Waals surface area (Å²) in [4.78, 5) is 35.2. The molecule has 0 rings (SSSR count). The minimum atomic E-state index is -0.775. The molecule has 0 aliphatic carbocycles. The van der Waals surface area contributed by atoms with Gasteiger partial charge in [-0.2, -0.15) is 0 Å². The number of hydrogen-bond acceptors (Lipinski definition) is 6. The average molecular weight is 229 g/mol. The smallest absolute Gasteiger partial charge is 0.343 e. The first kappa shape index (κ1) is 14.2. The van der Waals surface area contributed by atoms with Crippen molar-refractivity contribution in [3.63, 3.8) is 0 Å². The highest BCUT2D eigenvalue weighted by molar-refractivity contribution is 6.20. The molecule has 0 fully saturated rings. The number of esters is 2. The predicted octanol–water partition coefficient (Wildman–Crippen LogP) is -0.263. The van der Waals surface area contributed by atoms with Gasteiger partial charge < -0.3 is 14.4 Å². The molecule has 0 aliphatic rings. The van der Waals surface area contributed by atoms with Crippen molar-refractivity contribution in [2.45, 2.75) is 6.42 Å². The fourth-order valence-electron chi connectivity index (χ4n) is 0.905. The topological polar surface area (TPSA) is 72.9 Å². The van der Waals surface area contributed by atoms with E-state index >= 15 is 0 Å². The highest BCUT2D eigenvalue weighted by atomic mass is 16.5. The molecule has 0 aromatic carbocycles. The Morgan fingerprint density at radius 1 is 1.12 bits per heavy atom. The molecule has 90 valence electrons. The van der Waals surface area contributed by atoms with Crippen LogP contribution in [-0.4, -0.2) is 50.9 Å². The van der Waals surface area contributed by atoms with Gasteiger partial charge in [-0.25, -0.2) is 4.79 Å². The van der Waals surface area contributed by atoms with E-state index in [0.29, 0.717) is 0 Å². The molecule has 16 heavy (non-hydrogen) atoms. The van der Waals surface area contributed by atoms with E-state index in [1.165, 1.54) is 18.2 Å². The zero-order chi connectivity index (χ0) is 12.7. The number of carbonyl (C=O) groups excluding carboxylic acids is 3. The fraction of sp³-hybridized carbons (Fsp3) is 0.500. The van der Waals surface area contributed by atoms with Crippen LogP contribution in [-0.2, 0) is 23.9 Å². The van der Waals surface area contributed by atoms with Crippen molar-refractivity contribution in [2.24, 2.45) is 0 Å². The Balaban J connectivity index is 4.85. The number of rotatable bonds is 5. The second-order valence-electron chi connectivity index (χ2n) is 3.17. The number of ether oxygens (including phenoxy) is 2. The summed E-state index contributed by atoms with van der Waals surface area (Å²) in [5, 5.41) is 0. The summed E-state index contributed by atoms with van der Waals surface area (Å²) in [5.74, 6) is -2.10. The minimum Gasteiger partial charge on any atom is -0.469 e. The van der Waals surface area contributed by atoms with Gasteiger partial charge >= 0.3 is 11.9 Å². The van der Waals surface area contributed by atoms with Crippen LogP contribution < -0.4 is 0 Å². The monoisotopic (exact) mass is 229 g/mol. The standard InChI is InChI=1S/C10H15NO5/c1-11(2)6-7(10(14)16-4)8(12)5-9(13)15-3/h6H,5H2,1-4H3/b7-6+. The van der Waals surface area contributed by atoms with Crippen molar-refractivity contribution in [2.75, 3.05) is 28.3 Å². The van der Waals surface area contributed by atoms with Gasteiger partial charge in [0, 0.05) is 20.3 Å². The summed E-state index contributed by atoms with van der Waals surface area (Å²) in [6.45, 7) is 0. The number of nitrogens with zero attached hydrogens (tertiary/aromatic N) is 1. The molecule has 0 atom stereocenters. The second-order valence-corrected chi connectivity index (χ2v) is 3.17. The van der Waals surface area contributed by atoms with Gasteiger partial charge in [0.2, 0.25) is 0 Å². The summed E-state index contributed by atoms with van der Waals surface area (Å²) in [7, 11) is 5.63. The molecule has 0 saturated carbocycles.